The molecule has 0 bridgehead atoms. The summed E-state index contributed by atoms with van der Waals surface area (Å²) in [6.07, 6.45) is 0.814. The van der Waals surface area contributed by atoms with Gasteiger partial charge in [-0.25, -0.2) is 4.98 Å². The standard InChI is InChI=1S/C21H22ClN5O2S2/c1-12-13(2)31-20-17(12)19(28)23-16(24-20)11-30-21-26-25-18(27(21)9-6-10-29-3)14-7-4-5-8-15(14)22/h4-5,7-8H,6,9-11H2,1-3H3,(H,23,24,28). The van der Waals surface area contributed by atoms with Gasteiger partial charge in [0.25, 0.3) is 5.56 Å². The first kappa shape index (κ1) is 22.0. The van der Waals surface area contributed by atoms with Crippen molar-refractivity contribution in [2.24, 2.45) is 0 Å². The molecule has 4 rings (SSSR count). The summed E-state index contributed by atoms with van der Waals surface area (Å²) >= 11 is 9.43. The van der Waals surface area contributed by atoms with Gasteiger partial charge in [0.1, 0.15) is 10.7 Å². The van der Waals surface area contributed by atoms with Crippen LogP contribution in [0.5, 0.6) is 0 Å². The molecule has 0 spiro atoms. The smallest absolute Gasteiger partial charge is 0.259 e. The van der Waals surface area contributed by atoms with Crippen molar-refractivity contribution in [1.29, 1.82) is 0 Å². The second-order valence-corrected chi connectivity index (χ2v) is 9.60. The van der Waals surface area contributed by atoms with Crippen molar-refractivity contribution < 1.29 is 4.74 Å². The molecule has 4 aromatic rings. The highest BCUT2D eigenvalue weighted by atomic mass is 35.5. The van der Waals surface area contributed by atoms with Crippen LogP contribution in [0.2, 0.25) is 5.02 Å². The third-order valence-electron chi connectivity index (χ3n) is 4.99. The molecule has 1 aromatic carbocycles. The van der Waals surface area contributed by atoms with E-state index < -0.39 is 0 Å². The first-order valence-electron chi connectivity index (χ1n) is 9.78. The number of nitrogens with one attached hydrogen (secondary N) is 1. The molecule has 0 atom stereocenters. The number of H-pyrrole nitrogens is 1. The number of aromatic amines is 1. The lowest BCUT2D eigenvalue weighted by Gasteiger charge is -2.11. The highest BCUT2D eigenvalue weighted by molar-refractivity contribution is 7.98. The number of rotatable bonds is 8. The molecule has 0 aliphatic rings. The summed E-state index contributed by atoms with van der Waals surface area (Å²) in [5.41, 5.74) is 1.73. The maximum absolute atomic E-state index is 12.6. The summed E-state index contributed by atoms with van der Waals surface area (Å²) in [6.45, 7) is 5.29. The molecule has 0 aliphatic carbocycles. The van der Waals surface area contributed by atoms with Gasteiger partial charge in [-0.05, 0) is 38.0 Å². The topological polar surface area (TPSA) is 85.7 Å². The normalized spacial score (nSPS) is 11.5. The lowest BCUT2D eigenvalue weighted by Crippen LogP contribution is -2.11. The van der Waals surface area contributed by atoms with E-state index >= 15 is 0 Å². The van der Waals surface area contributed by atoms with Crippen molar-refractivity contribution in [1.82, 2.24) is 24.7 Å². The van der Waals surface area contributed by atoms with Gasteiger partial charge in [0.2, 0.25) is 0 Å². The van der Waals surface area contributed by atoms with Gasteiger partial charge in [0, 0.05) is 30.7 Å². The zero-order valence-electron chi connectivity index (χ0n) is 17.4. The largest absolute Gasteiger partial charge is 0.385 e. The average molecular weight is 476 g/mol. The molecule has 0 unspecified atom stereocenters. The zero-order chi connectivity index (χ0) is 22.0. The number of ether oxygens (including phenoxy) is 1. The van der Waals surface area contributed by atoms with Crippen LogP contribution in [-0.4, -0.2) is 38.4 Å². The summed E-state index contributed by atoms with van der Waals surface area (Å²) in [7, 11) is 1.68. The lowest BCUT2D eigenvalue weighted by molar-refractivity contribution is 0.189. The Morgan fingerprint density at radius 2 is 2.06 bits per heavy atom. The van der Waals surface area contributed by atoms with E-state index in [1.807, 2.05) is 42.7 Å². The molecule has 3 heterocycles. The number of thiophene rings is 1. The molecule has 31 heavy (non-hydrogen) atoms. The summed E-state index contributed by atoms with van der Waals surface area (Å²) in [4.78, 5) is 22.0. The summed E-state index contributed by atoms with van der Waals surface area (Å²) in [6, 6.07) is 7.59. The Labute approximate surface area is 192 Å². The van der Waals surface area contributed by atoms with Gasteiger partial charge < -0.3 is 14.3 Å². The highest BCUT2D eigenvalue weighted by Gasteiger charge is 2.18. The Balaban J connectivity index is 1.63. The van der Waals surface area contributed by atoms with Gasteiger partial charge in [0.05, 0.1) is 16.2 Å². The van der Waals surface area contributed by atoms with E-state index in [-0.39, 0.29) is 5.56 Å². The summed E-state index contributed by atoms with van der Waals surface area (Å²) in [5, 5.41) is 10.8. The molecular formula is C21H22ClN5O2S2. The minimum atomic E-state index is -0.0965. The third-order valence-corrected chi connectivity index (χ3v) is 7.40. The van der Waals surface area contributed by atoms with E-state index in [0.29, 0.717) is 41.0 Å². The van der Waals surface area contributed by atoms with Gasteiger partial charge in [-0.2, -0.15) is 0 Å². The Kier molecular flexibility index (Phi) is 6.76. The lowest BCUT2D eigenvalue weighted by atomic mass is 10.2. The van der Waals surface area contributed by atoms with E-state index in [1.54, 1.807) is 18.4 Å². The number of fused-ring (bicyclic) bond motifs is 1. The first-order chi connectivity index (χ1) is 15.0. The van der Waals surface area contributed by atoms with Gasteiger partial charge in [0.15, 0.2) is 11.0 Å². The first-order valence-corrected chi connectivity index (χ1v) is 12.0. The fourth-order valence-corrected chi connectivity index (χ4v) is 5.41. The van der Waals surface area contributed by atoms with E-state index in [4.69, 9.17) is 16.3 Å². The van der Waals surface area contributed by atoms with E-state index in [0.717, 1.165) is 32.4 Å². The number of thioether (sulfide) groups is 1. The van der Waals surface area contributed by atoms with Crippen molar-refractivity contribution in [2.45, 2.75) is 37.7 Å². The molecule has 0 fully saturated rings. The van der Waals surface area contributed by atoms with Crippen LogP contribution in [0.1, 0.15) is 22.7 Å². The molecule has 10 heteroatoms. The van der Waals surface area contributed by atoms with Gasteiger partial charge >= 0.3 is 0 Å². The molecule has 0 radical (unpaired) electrons. The number of methoxy groups -OCH3 is 1. The number of benzene rings is 1. The van der Waals surface area contributed by atoms with Crippen LogP contribution in [0.25, 0.3) is 21.6 Å². The van der Waals surface area contributed by atoms with Crippen molar-refractivity contribution in [3.05, 3.63) is 55.9 Å². The number of nitrogens with zero attached hydrogens (tertiary/aromatic N) is 4. The monoisotopic (exact) mass is 475 g/mol. The molecule has 7 nitrogen and oxygen atoms in total. The fraction of sp³-hybridized carbons (Fsp3) is 0.333. The number of hydrogen-bond acceptors (Lipinski definition) is 7. The number of aromatic nitrogens is 5. The Morgan fingerprint density at radius 1 is 1.26 bits per heavy atom. The van der Waals surface area contributed by atoms with Crippen LogP contribution in [0.4, 0.5) is 0 Å². The fourth-order valence-electron chi connectivity index (χ4n) is 3.31. The van der Waals surface area contributed by atoms with Crippen LogP contribution in [-0.2, 0) is 17.0 Å². The maximum Gasteiger partial charge on any atom is 0.259 e. The number of hydrogen-bond donors (Lipinski definition) is 1. The van der Waals surface area contributed by atoms with Crippen LogP contribution < -0.4 is 5.56 Å². The van der Waals surface area contributed by atoms with E-state index in [1.165, 1.54) is 11.8 Å². The molecule has 0 saturated heterocycles. The predicted octanol–water partition coefficient (Wildman–Crippen LogP) is 4.84. The molecule has 1 N–H and O–H groups in total. The molecule has 162 valence electrons. The molecule has 0 amide bonds. The third kappa shape index (κ3) is 4.55. The predicted molar refractivity (Wildman–Crippen MR) is 126 cm³/mol. The van der Waals surface area contributed by atoms with Crippen LogP contribution >= 0.6 is 34.7 Å². The van der Waals surface area contributed by atoms with Gasteiger partial charge in [-0.15, -0.1) is 21.5 Å². The minimum Gasteiger partial charge on any atom is -0.385 e. The molecule has 0 aliphatic heterocycles. The van der Waals surface area contributed by atoms with Crippen molar-refractivity contribution in [3.63, 3.8) is 0 Å². The Hall–Kier alpha value is -2.20. The minimum absolute atomic E-state index is 0.0965. The molecular weight excluding hydrogens is 454 g/mol. The molecule has 3 aromatic heterocycles. The zero-order valence-corrected chi connectivity index (χ0v) is 19.8. The van der Waals surface area contributed by atoms with Gasteiger partial charge in [-0.3, -0.25) is 4.79 Å². The SMILES string of the molecule is COCCCn1c(SCc2nc3sc(C)c(C)c3c(=O)[nH]2)nnc1-c1ccccc1Cl. The maximum atomic E-state index is 12.6. The van der Waals surface area contributed by atoms with Crippen molar-refractivity contribution in [3.8, 4) is 11.4 Å². The van der Waals surface area contributed by atoms with Crippen LogP contribution in [0.15, 0.2) is 34.2 Å². The van der Waals surface area contributed by atoms with Crippen molar-refractivity contribution in [2.75, 3.05) is 13.7 Å². The van der Waals surface area contributed by atoms with Crippen LogP contribution in [0.3, 0.4) is 0 Å². The Bertz CT molecular complexity index is 1280. The number of aryl methyl sites for hydroxylation is 2. The number of halogens is 1. The Morgan fingerprint density at radius 3 is 2.84 bits per heavy atom. The van der Waals surface area contributed by atoms with Crippen molar-refractivity contribution >= 4 is 44.9 Å². The highest BCUT2D eigenvalue weighted by Crippen LogP contribution is 2.31. The summed E-state index contributed by atoms with van der Waals surface area (Å²) in [5.74, 6) is 1.81. The molecule has 0 saturated carbocycles. The second-order valence-electron chi connectivity index (χ2n) is 7.05. The second kappa shape index (κ2) is 9.52. The van der Waals surface area contributed by atoms with E-state index in [9.17, 15) is 4.79 Å². The van der Waals surface area contributed by atoms with Gasteiger partial charge in [-0.1, -0.05) is 35.5 Å². The average Bonchev–Trinajstić information content (AvgIpc) is 3.27. The van der Waals surface area contributed by atoms with Crippen LogP contribution in [0, 0.1) is 13.8 Å². The summed E-state index contributed by atoms with van der Waals surface area (Å²) < 4.78 is 7.25. The quantitative estimate of drug-likeness (QED) is 0.290. The van der Waals surface area contributed by atoms with E-state index in [2.05, 4.69) is 20.2 Å².